The molecule has 0 spiro atoms. The van der Waals surface area contributed by atoms with Crippen molar-refractivity contribution in [1.29, 1.82) is 0 Å². The highest BCUT2D eigenvalue weighted by molar-refractivity contribution is 7.92. The van der Waals surface area contributed by atoms with Gasteiger partial charge in [0.05, 0.1) is 36.6 Å². The van der Waals surface area contributed by atoms with Crippen LogP contribution in [0.25, 0.3) is 11.0 Å². The molecule has 0 bridgehead atoms. The van der Waals surface area contributed by atoms with Crippen molar-refractivity contribution in [3.63, 3.8) is 0 Å². The number of carbonyl (C=O) groups excluding carboxylic acids is 1. The van der Waals surface area contributed by atoms with Crippen molar-refractivity contribution in [3.05, 3.63) is 96.8 Å². The van der Waals surface area contributed by atoms with E-state index < -0.39 is 10.0 Å². The third-order valence-corrected chi connectivity index (χ3v) is 7.29. The molecule has 12 heteroatoms. The number of benzene rings is 3. The quantitative estimate of drug-likeness (QED) is 0.216. The van der Waals surface area contributed by atoms with Crippen molar-refractivity contribution in [3.8, 4) is 11.5 Å². The van der Waals surface area contributed by atoms with Gasteiger partial charge < -0.3 is 20.1 Å². The van der Waals surface area contributed by atoms with Gasteiger partial charge in [-0.15, -0.1) is 0 Å². The predicted molar refractivity (Wildman–Crippen MR) is 156 cm³/mol. The number of methoxy groups -OCH3 is 2. The van der Waals surface area contributed by atoms with Crippen LogP contribution in [-0.2, 0) is 21.2 Å². The molecule has 5 aromatic rings. The molecule has 0 atom stereocenters. The number of sulfonamides is 1. The molecule has 208 valence electrons. The van der Waals surface area contributed by atoms with Gasteiger partial charge >= 0.3 is 0 Å². The first-order valence-corrected chi connectivity index (χ1v) is 13.9. The zero-order valence-corrected chi connectivity index (χ0v) is 23.0. The number of para-hydroxylation sites is 2. The Morgan fingerprint density at radius 2 is 1.44 bits per heavy atom. The smallest absolute Gasteiger partial charge is 0.263 e. The predicted octanol–water partition coefficient (Wildman–Crippen LogP) is 4.77. The van der Waals surface area contributed by atoms with E-state index in [0.717, 1.165) is 5.56 Å². The van der Waals surface area contributed by atoms with Crippen LogP contribution in [0.3, 0.4) is 0 Å². The number of amides is 1. The lowest BCUT2D eigenvalue weighted by atomic mass is 10.2. The lowest BCUT2D eigenvalue weighted by molar-refractivity contribution is -0.115. The van der Waals surface area contributed by atoms with Gasteiger partial charge in [-0.3, -0.25) is 14.5 Å². The molecule has 0 aliphatic heterocycles. The van der Waals surface area contributed by atoms with Gasteiger partial charge in [-0.05, 0) is 48.0 Å². The van der Waals surface area contributed by atoms with Crippen molar-refractivity contribution in [2.75, 3.05) is 29.6 Å². The molecule has 0 saturated heterocycles. The number of fused-ring (bicyclic) bond motifs is 1. The van der Waals surface area contributed by atoms with Crippen molar-refractivity contribution >= 4 is 50.0 Å². The summed E-state index contributed by atoms with van der Waals surface area (Å²) in [6, 6.07) is 21.7. The van der Waals surface area contributed by atoms with E-state index in [2.05, 4.69) is 30.3 Å². The molecule has 3 N–H and O–H groups in total. The highest BCUT2D eigenvalue weighted by Crippen LogP contribution is 2.31. The van der Waals surface area contributed by atoms with Crippen LogP contribution < -0.4 is 24.8 Å². The summed E-state index contributed by atoms with van der Waals surface area (Å²) in [6.45, 7) is 0. The van der Waals surface area contributed by atoms with Crippen molar-refractivity contribution < 1.29 is 22.7 Å². The first-order chi connectivity index (χ1) is 19.8. The zero-order chi connectivity index (χ0) is 28.8. The number of hydrogen-bond acceptors (Lipinski definition) is 9. The SMILES string of the molecule is COc1cc(Nc2nc3ccccc3nc2NS(=O)(=O)c2cccc(NC(=O)Cc3ccncc3)c2)cc(OC)c1. The highest BCUT2D eigenvalue weighted by Gasteiger charge is 2.20. The monoisotopic (exact) mass is 570 g/mol. The van der Waals surface area contributed by atoms with Gasteiger partial charge in [0.15, 0.2) is 11.6 Å². The lowest BCUT2D eigenvalue weighted by Crippen LogP contribution is -2.17. The van der Waals surface area contributed by atoms with Crippen LogP contribution >= 0.6 is 0 Å². The molecule has 0 saturated carbocycles. The van der Waals surface area contributed by atoms with Gasteiger partial charge in [0.25, 0.3) is 10.0 Å². The number of nitrogens with zero attached hydrogens (tertiary/aromatic N) is 3. The Morgan fingerprint density at radius 1 is 0.780 bits per heavy atom. The number of ether oxygens (including phenoxy) is 2. The number of nitrogens with one attached hydrogen (secondary N) is 3. The number of pyridine rings is 1. The maximum absolute atomic E-state index is 13.5. The van der Waals surface area contributed by atoms with Crippen molar-refractivity contribution in [1.82, 2.24) is 15.0 Å². The summed E-state index contributed by atoms with van der Waals surface area (Å²) in [5.74, 6) is 0.928. The number of rotatable bonds is 10. The molecule has 0 radical (unpaired) electrons. The van der Waals surface area contributed by atoms with E-state index in [1.807, 2.05) is 6.07 Å². The van der Waals surface area contributed by atoms with Gasteiger partial charge in [0.2, 0.25) is 5.91 Å². The standard InChI is InChI=1S/C29H26N6O5S/c1-39-22-15-21(16-23(18-22)40-2)32-28-29(34-26-9-4-3-8-25(26)33-28)35-41(37,38)24-7-5-6-20(17-24)31-27(36)14-19-10-12-30-13-11-19/h3-13,15-18H,14H2,1-2H3,(H,31,36)(H,32,33)(H,34,35). The molecule has 0 unspecified atom stereocenters. The Morgan fingerprint density at radius 3 is 2.10 bits per heavy atom. The average Bonchev–Trinajstić information content (AvgIpc) is 2.97. The molecule has 0 fully saturated rings. The van der Waals surface area contributed by atoms with Gasteiger partial charge in [-0.25, -0.2) is 18.4 Å². The van der Waals surface area contributed by atoms with Crippen molar-refractivity contribution in [2.45, 2.75) is 11.3 Å². The van der Waals surface area contributed by atoms with Crippen molar-refractivity contribution in [2.24, 2.45) is 0 Å². The van der Waals surface area contributed by atoms with E-state index in [0.29, 0.717) is 33.9 Å². The molecule has 1 amide bonds. The fraction of sp³-hybridized carbons (Fsp3) is 0.103. The number of anilines is 4. The minimum atomic E-state index is -4.14. The van der Waals surface area contributed by atoms with E-state index in [9.17, 15) is 13.2 Å². The fourth-order valence-corrected chi connectivity index (χ4v) is 5.05. The number of hydrogen-bond donors (Lipinski definition) is 3. The maximum atomic E-state index is 13.5. The minimum Gasteiger partial charge on any atom is -0.497 e. The molecule has 2 heterocycles. The van der Waals surface area contributed by atoms with Crippen LogP contribution in [0.4, 0.5) is 23.0 Å². The summed E-state index contributed by atoms with van der Waals surface area (Å²) >= 11 is 0. The molecule has 0 aliphatic rings. The van der Waals surface area contributed by atoms with Crippen LogP contribution in [0.5, 0.6) is 11.5 Å². The van der Waals surface area contributed by atoms with Gasteiger partial charge in [0.1, 0.15) is 11.5 Å². The average molecular weight is 571 g/mol. The Balaban J connectivity index is 1.44. The second kappa shape index (κ2) is 11.9. The molecule has 41 heavy (non-hydrogen) atoms. The van der Waals surface area contributed by atoms with Crippen LogP contribution in [0.1, 0.15) is 5.56 Å². The molecule has 3 aromatic carbocycles. The summed E-state index contributed by atoms with van der Waals surface area (Å²) in [6.07, 6.45) is 3.32. The molecular formula is C29H26N6O5S. The van der Waals surface area contributed by atoms with Gasteiger partial charge in [-0.1, -0.05) is 18.2 Å². The maximum Gasteiger partial charge on any atom is 0.263 e. The molecule has 11 nitrogen and oxygen atoms in total. The summed E-state index contributed by atoms with van der Waals surface area (Å²) < 4.78 is 40.2. The van der Waals surface area contributed by atoms with Gasteiger partial charge in [-0.2, -0.15) is 0 Å². The van der Waals surface area contributed by atoms with Crippen LogP contribution in [0, 0.1) is 0 Å². The second-order valence-corrected chi connectivity index (χ2v) is 10.5. The zero-order valence-electron chi connectivity index (χ0n) is 22.2. The van der Waals surface area contributed by atoms with E-state index in [1.165, 1.54) is 26.4 Å². The summed E-state index contributed by atoms with van der Waals surface area (Å²) in [7, 11) is -1.08. The largest absolute Gasteiger partial charge is 0.497 e. The van der Waals surface area contributed by atoms with Gasteiger partial charge in [0, 0.05) is 42.0 Å². The Labute approximate surface area is 236 Å². The number of aromatic nitrogens is 3. The highest BCUT2D eigenvalue weighted by atomic mass is 32.2. The fourth-order valence-electron chi connectivity index (χ4n) is 3.99. The van der Waals surface area contributed by atoms with Crippen LogP contribution in [0.15, 0.2) is 96.2 Å². The second-order valence-electron chi connectivity index (χ2n) is 8.85. The van der Waals surface area contributed by atoms with E-state index in [-0.39, 0.29) is 28.9 Å². The first kappa shape index (κ1) is 27.3. The minimum absolute atomic E-state index is 0.0161. The Hall–Kier alpha value is -5.23. The summed E-state index contributed by atoms with van der Waals surface area (Å²) in [5.41, 5.74) is 2.72. The summed E-state index contributed by atoms with van der Waals surface area (Å²) in [5, 5.41) is 5.87. The topological polar surface area (TPSA) is 144 Å². The Kier molecular flexibility index (Phi) is 7.92. The lowest BCUT2D eigenvalue weighted by Gasteiger charge is -2.15. The third-order valence-electron chi connectivity index (χ3n) is 5.96. The molecular weight excluding hydrogens is 544 g/mol. The van der Waals surface area contributed by atoms with E-state index >= 15 is 0 Å². The van der Waals surface area contributed by atoms with E-state index in [4.69, 9.17) is 9.47 Å². The molecule has 5 rings (SSSR count). The number of carbonyl (C=O) groups is 1. The molecule has 2 aromatic heterocycles. The van der Waals surface area contributed by atoms with E-state index in [1.54, 1.807) is 73.1 Å². The third kappa shape index (κ3) is 6.68. The van der Waals surface area contributed by atoms with Crippen LogP contribution in [-0.4, -0.2) is 43.5 Å². The van der Waals surface area contributed by atoms with Crippen LogP contribution in [0.2, 0.25) is 0 Å². The summed E-state index contributed by atoms with van der Waals surface area (Å²) in [4.78, 5) is 25.5. The Bertz CT molecular complexity index is 1790. The normalized spacial score (nSPS) is 11.1. The first-order valence-electron chi connectivity index (χ1n) is 12.4. The molecule has 0 aliphatic carbocycles.